The van der Waals surface area contributed by atoms with Crippen molar-refractivity contribution in [1.29, 1.82) is 0 Å². The van der Waals surface area contributed by atoms with Crippen LogP contribution in [-0.4, -0.2) is 26.4 Å². The van der Waals surface area contributed by atoms with E-state index >= 15 is 0 Å². The number of nitrogens with one attached hydrogen (secondary N) is 1. The molecule has 0 spiro atoms. The number of thioether (sulfide) groups is 1. The van der Waals surface area contributed by atoms with Crippen molar-refractivity contribution in [3.05, 3.63) is 82.2 Å². The Balaban J connectivity index is 1.55. The van der Waals surface area contributed by atoms with Gasteiger partial charge in [0.2, 0.25) is 5.91 Å². The van der Waals surface area contributed by atoms with Gasteiger partial charge in [-0.3, -0.25) is 9.36 Å². The van der Waals surface area contributed by atoms with Crippen molar-refractivity contribution in [2.75, 3.05) is 11.1 Å². The molecule has 0 unspecified atom stereocenters. The first-order valence-electron chi connectivity index (χ1n) is 8.99. The van der Waals surface area contributed by atoms with Gasteiger partial charge in [-0.25, -0.2) is 0 Å². The predicted molar refractivity (Wildman–Crippen MR) is 122 cm³/mol. The number of amides is 1. The van der Waals surface area contributed by atoms with E-state index in [9.17, 15) is 4.79 Å². The third-order valence-corrected chi connectivity index (χ3v) is 5.96. The van der Waals surface area contributed by atoms with Crippen molar-refractivity contribution >= 4 is 50.9 Å². The summed E-state index contributed by atoms with van der Waals surface area (Å²) in [5.74, 6) is 1.42. The second-order valence-electron chi connectivity index (χ2n) is 6.30. The largest absolute Gasteiger partial charge is 0.467 e. The zero-order valence-corrected chi connectivity index (χ0v) is 18.7. The highest BCUT2D eigenvalue weighted by molar-refractivity contribution is 9.10. The van der Waals surface area contributed by atoms with Crippen LogP contribution < -0.4 is 5.32 Å². The van der Waals surface area contributed by atoms with Gasteiger partial charge in [0.1, 0.15) is 5.76 Å². The first-order valence-corrected chi connectivity index (χ1v) is 11.1. The number of nitrogens with zero attached hydrogens (tertiary/aromatic N) is 3. The Labute approximate surface area is 190 Å². The normalized spacial score (nSPS) is 10.9. The Morgan fingerprint density at radius 1 is 1.13 bits per heavy atom. The molecule has 9 heteroatoms. The summed E-state index contributed by atoms with van der Waals surface area (Å²) in [6, 6.07) is 18.6. The molecule has 0 atom stereocenters. The molecular formula is C21H16BrClN4O2S. The fraction of sp³-hybridized carbons (Fsp3) is 0.0952. The summed E-state index contributed by atoms with van der Waals surface area (Å²) in [6.07, 6.45) is 1.62. The zero-order valence-electron chi connectivity index (χ0n) is 15.6. The molecule has 0 aliphatic rings. The molecule has 2 aromatic heterocycles. The van der Waals surface area contributed by atoms with Crippen LogP contribution in [0.2, 0.25) is 5.02 Å². The third kappa shape index (κ3) is 4.95. The van der Waals surface area contributed by atoms with Gasteiger partial charge >= 0.3 is 0 Å². The number of carbonyl (C=O) groups is 1. The number of hydrogen-bond donors (Lipinski definition) is 1. The molecule has 0 radical (unpaired) electrons. The molecular weight excluding hydrogens is 488 g/mol. The molecule has 1 amide bonds. The summed E-state index contributed by atoms with van der Waals surface area (Å²) in [5, 5.41) is 12.7. The van der Waals surface area contributed by atoms with Crippen LogP contribution in [0.4, 0.5) is 5.69 Å². The van der Waals surface area contributed by atoms with Crippen molar-refractivity contribution in [1.82, 2.24) is 14.8 Å². The smallest absolute Gasteiger partial charge is 0.234 e. The third-order valence-electron chi connectivity index (χ3n) is 4.17. The summed E-state index contributed by atoms with van der Waals surface area (Å²) in [5.41, 5.74) is 1.49. The van der Waals surface area contributed by atoms with E-state index in [1.807, 2.05) is 59.2 Å². The monoisotopic (exact) mass is 502 g/mol. The van der Waals surface area contributed by atoms with E-state index < -0.39 is 0 Å². The van der Waals surface area contributed by atoms with Gasteiger partial charge in [-0.2, -0.15) is 0 Å². The van der Waals surface area contributed by atoms with E-state index in [1.54, 1.807) is 12.3 Å². The summed E-state index contributed by atoms with van der Waals surface area (Å²) in [4.78, 5) is 12.4. The molecule has 0 bridgehead atoms. The molecule has 6 nitrogen and oxygen atoms in total. The molecule has 0 saturated carbocycles. The number of anilines is 1. The lowest BCUT2D eigenvalue weighted by atomic mass is 10.2. The maximum Gasteiger partial charge on any atom is 0.234 e. The minimum atomic E-state index is -0.134. The van der Waals surface area contributed by atoms with E-state index in [2.05, 4.69) is 31.4 Å². The van der Waals surface area contributed by atoms with Gasteiger partial charge in [-0.15, -0.1) is 10.2 Å². The number of halogens is 2. The Morgan fingerprint density at radius 2 is 2.00 bits per heavy atom. The zero-order chi connectivity index (χ0) is 20.9. The number of benzene rings is 2. The summed E-state index contributed by atoms with van der Waals surface area (Å²) >= 11 is 11.1. The second-order valence-corrected chi connectivity index (χ2v) is 8.56. The molecule has 152 valence electrons. The fourth-order valence-electron chi connectivity index (χ4n) is 2.83. The highest BCUT2D eigenvalue weighted by Gasteiger charge is 2.18. The molecule has 30 heavy (non-hydrogen) atoms. The van der Waals surface area contributed by atoms with E-state index in [0.29, 0.717) is 22.5 Å². The summed E-state index contributed by atoms with van der Waals surface area (Å²) < 4.78 is 8.29. The summed E-state index contributed by atoms with van der Waals surface area (Å²) in [6.45, 7) is 0.427. The van der Waals surface area contributed by atoms with Gasteiger partial charge in [0.25, 0.3) is 0 Å². The second kappa shape index (κ2) is 9.51. The minimum absolute atomic E-state index is 0.134. The predicted octanol–water partition coefficient (Wildman–Crippen LogP) is 5.73. The van der Waals surface area contributed by atoms with Crippen molar-refractivity contribution < 1.29 is 9.21 Å². The maximum atomic E-state index is 12.4. The van der Waals surface area contributed by atoms with Crippen molar-refractivity contribution in [2.45, 2.75) is 11.7 Å². The summed E-state index contributed by atoms with van der Waals surface area (Å²) in [7, 11) is 0. The van der Waals surface area contributed by atoms with E-state index in [0.717, 1.165) is 21.5 Å². The first-order chi connectivity index (χ1) is 14.6. The van der Waals surface area contributed by atoms with Crippen LogP contribution in [-0.2, 0) is 11.3 Å². The quantitative estimate of drug-likeness (QED) is 0.326. The van der Waals surface area contributed by atoms with E-state index in [4.69, 9.17) is 16.0 Å². The molecule has 2 aromatic carbocycles. The molecule has 0 fully saturated rings. The molecule has 2 heterocycles. The van der Waals surface area contributed by atoms with Crippen LogP contribution in [0.5, 0.6) is 0 Å². The molecule has 0 aliphatic heterocycles. The van der Waals surface area contributed by atoms with Crippen molar-refractivity contribution in [3.8, 4) is 11.4 Å². The Hall–Kier alpha value is -2.55. The standard InChI is InChI=1S/C21H16BrClN4O2S/c22-14-5-3-6-15(11-14)24-19(28)13-30-21-26-25-20(17-8-1-2-9-18(17)23)27(21)12-16-7-4-10-29-16/h1-11H,12-13H2,(H,24,28). The topological polar surface area (TPSA) is 73.0 Å². The number of carbonyl (C=O) groups excluding carboxylic acids is 1. The maximum absolute atomic E-state index is 12.4. The highest BCUT2D eigenvalue weighted by atomic mass is 79.9. The van der Waals surface area contributed by atoms with Crippen molar-refractivity contribution in [2.24, 2.45) is 0 Å². The van der Waals surface area contributed by atoms with Gasteiger partial charge in [-0.05, 0) is 42.5 Å². The van der Waals surface area contributed by atoms with Crippen LogP contribution >= 0.6 is 39.3 Å². The first kappa shape index (κ1) is 20.7. The molecule has 0 saturated heterocycles. The van der Waals surface area contributed by atoms with Gasteiger partial charge in [-0.1, -0.05) is 57.5 Å². The lowest BCUT2D eigenvalue weighted by Crippen LogP contribution is -2.14. The molecule has 4 aromatic rings. The Morgan fingerprint density at radius 3 is 2.77 bits per heavy atom. The van der Waals surface area contributed by atoms with Gasteiger partial charge in [0.15, 0.2) is 11.0 Å². The lowest BCUT2D eigenvalue weighted by Gasteiger charge is -2.10. The van der Waals surface area contributed by atoms with Gasteiger partial charge in [0.05, 0.1) is 23.6 Å². The highest BCUT2D eigenvalue weighted by Crippen LogP contribution is 2.30. The van der Waals surface area contributed by atoms with E-state index in [1.165, 1.54) is 11.8 Å². The number of aromatic nitrogens is 3. The Bertz CT molecular complexity index is 1160. The number of rotatable bonds is 7. The molecule has 0 aliphatic carbocycles. The SMILES string of the molecule is O=C(CSc1nnc(-c2ccccc2Cl)n1Cc1ccco1)Nc1cccc(Br)c1. The molecule has 4 rings (SSSR count). The molecule has 1 N–H and O–H groups in total. The lowest BCUT2D eigenvalue weighted by molar-refractivity contribution is -0.113. The van der Waals surface area contributed by atoms with Crippen LogP contribution in [0.15, 0.2) is 81.0 Å². The van der Waals surface area contributed by atoms with Crippen molar-refractivity contribution in [3.63, 3.8) is 0 Å². The van der Waals surface area contributed by atoms with Crippen LogP contribution in [0.3, 0.4) is 0 Å². The average Bonchev–Trinajstić information content (AvgIpc) is 3.37. The minimum Gasteiger partial charge on any atom is -0.467 e. The Kier molecular flexibility index (Phi) is 6.56. The van der Waals surface area contributed by atoms with Crippen LogP contribution in [0.1, 0.15) is 5.76 Å². The fourth-order valence-corrected chi connectivity index (χ4v) is 4.19. The number of furan rings is 1. The average molecular weight is 504 g/mol. The van der Waals surface area contributed by atoms with Gasteiger partial charge < -0.3 is 9.73 Å². The van der Waals surface area contributed by atoms with Crippen LogP contribution in [0.25, 0.3) is 11.4 Å². The van der Waals surface area contributed by atoms with Crippen LogP contribution in [0, 0.1) is 0 Å². The number of hydrogen-bond acceptors (Lipinski definition) is 5. The van der Waals surface area contributed by atoms with E-state index in [-0.39, 0.29) is 11.7 Å². The van der Waals surface area contributed by atoms with Gasteiger partial charge in [0, 0.05) is 15.7 Å².